The third kappa shape index (κ3) is 5.72. The largest absolute Gasteiger partial charge is 0.383 e. The number of hydrogen-bond acceptors (Lipinski definition) is 5. The van der Waals surface area contributed by atoms with E-state index in [1.54, 1.807) is 7.11 Å². The topological polar surface area (TPSA) is 54.6 Å². The minimum absolute atomic E-state index is 0. The number of anilines is 1. The van der Waals surface area contributed by atoms with Gasteiger partial charge < -0.3 is 15.4 Å². The highest BCUT2D eigenvalue weighted by molar-refractivity contribution is 5.85. The predicted molar refractivity (Wildman–Crippen MR) is 93.7 cm³/mol. The molecule has 0 aliphatic carbocycles. The number of aromatic nitrogens is 1. The molecule has 0 radical (unpaired) electrons. The van der Waals surface area contributed by atoms with Crippen LogP contribution >= 0.6 is 12.4 Å². The third-order valence-corrected chi connectivity index (χ3v) is 4.17. The number of rotatable bonds is 7. The van der Waals surface area contributed by atoms with Crippen LogP contribution in [0.2, 0.25) is 0 Å². The van der Waals surface area contributed by atoms with Crippen molar-refractivity contribution in [2.75, 3.05) is 51.8 Å². The van der Waals surface area contributed by atoms with Crippen LogP contribution in [-0.4, -0.2) is 56.8 Å². The summed E-state index contributed by atoms with van der Waals surface area (Å²) in [6, 6.07) is 4.27. The fourth-order valence-electron chi connectivity index (χ4n) is 2.82. The van der Waals surface area contributed by atoms with E-state index in [0.717, 1.165) is 32.0 Å². The van der Waals surface area contributed by atoms with Crippen molar-refractivity contribution in [3.8, 4) is 0 Å². The molecule has 1 aromatic heterocycles. The predicted octanol–water partition coefficient (Wildman–Crippen LogP) is 1.76. The molecule has 1 aliphatic rings. The van der Waals surface area contributed by atoms with Crippen molar-refractivity contribution in [1.82, 2.24) is 9.88 Å². The number of methoxy groups -OCH3 is 1. The first-order valence-corrected chi connectivity index (χ1v) is 7.80. The Balaban J connectivity index is 0.00000242. The number of piperidine rings is 1. The number of nitrogens with zero attached hydrogens (tertiary/aromatic N) is 3. The lowest BCUT2D eigenvalue weighted by Gasteiger charge is -2.32. The van der Waals surface area contributed by atoms with Crippen molar-refractivity contribution in [2.45, 2.75) is 19.4 Å². The van der Waals surface area contributed by atoms with Gasteiger partial charge in [0.25, 0.3) is 0 Å². The number of likely N-dealkylation sites (tertiary alicyclic amines) is 1. The van der Waals surface area contributed by atoms with Gasteiger partial charge in [0.05, 0.1) is 6.61 Å². The average Bonchev–Trinajstić information content (AvgIpc) is 2.53. The number of pyridine rings is 1. The van der Waals surface area contributed by atoms with E-state index in [4.69, 9.17) is 10.5 Å². The zero-order chi connectivity index (χ0) is 15.1. The van der Waals surface area contributed by atoms with Crippen LogP contribution < -0.4 is 10.6 Å². The summed E-state index contributed by atoms with van der Waals surface area (Å²) in [7, 11) is 3.76. The molecule has 1 atom stereocenters. The van der Waals surface area contributed by atoms with Crippen LogP contribution in [0.1, 0.15) is 18.4 Å². The normalized spacial score (nSPS) is 18.8. The third-order valence-electron chi connectivity index (χ3n) is 4.17. The molecule has 0 spiro atoms. The molecule has 1 aromatic rings. The maximum atomic E-state index is 5.80. The molecule has 126 valence electrons. The van der Waals surface area contributed by atoms with Gasteiger partial charge in [-0.3, -0.25) is 4.90 Å². The van der Waals surface area contributed by atoms with E-state index in [2.05, 4.69) is 26.9 Å². The van der Waals surface area contributed by atoms with E-state index in [-0.39, 0.29) is 12.4 Å². The van der Waals surface area contributed by atoms with Gasteiger partial charge in [0.2, 0.25) is 0 Å². The number of nitrogens with two attached hydrogens (primary N) is 1. The Morgan fingerprint density at radius 3 is 2.91 bits per heavy atom. The summed E-state index contributed by atoms with van der Waals surface area (Å²) in [4.78, 5) is 9.16. The minimum atomic E-state index is 0. The molecule has 0 saturated carbocycles. The molecule has 1 unspecified atom stereocenters. The summed E-state index contributed by atoms with van der Waals surface area (Å²) in [5, 5.41) is 0. The second-order valence-electron chi connectivity index (χ2n) is 5.92. The Bertz CT molecular complexity index is 415. The highest BCUT2D eigenvalue weighted by atomic mass is 35.5. The second-order valence-corrected chi connectivity index (χ2v) is 5.92. The zero-order valence-corrected chi connectivity index (χ0v) is 14.5. The summed E-state index contributed by atoms with van der Waals surface area (Å²) in [6.07, 6.45) is 4.52. The van der Waals surface area contributed by atoms with Crippen molar-refractivity contribution in [3.63, 3.8) is 0 Å². The van der Waals surface area contributed by atoms with E-state index < -0.39 is 0 Å². The molecular weight excluding hydrogens is 300 g/mol. The highest BCUT2D eigenvalue weighted by Crippen LogP contribution is 2.18. The van der Waals surface area contributed by atoms with Gasteiger partial charge in [0, 0.05) is 40.0 Å². The molecule has 1 aliphatic heterocycles. The van der Waals surface area contributed by atoms with Crippen molar-refractivity contribution in [2.24, 2.45) is 11.7 Å². The van der Waals surface area contributed by atoms with Gasteiger partial charge in [-0.1, -0.05) is 6.07 Å². The zero-order valence-electron chi connectivity index (χ0n) is 13.7. The van der Waals surface area contributed by atoms with Crippen LogP contribution in [0.25, 0.3) is 0 Å². The number of hydrogen-bond donors (Lipinski definition) is 1. The van der Waals surface area contributed by atoms with Crippen LogP contribution in [0.5, 0.6) is 0 Å². The van der Waals surface area contributed by atoms with E-state index in [1.807, 2.05) is 13.2 Å². The molecular formula is C16H29ClN4O. The summed E-state index contributed by atoms with van der Waals surface area (Å²) in [5.74, 6) is 1.65. The van der Waals surface area contributed by atoms with Gasteiger partial charge in [-0.05, 0) is 43.5 Å². The van der Waals surface area contributed by atoms with Crippen LogP contribution in [0.15, 0.2) is 18.3 Å². The molecule has 2 rings (SSSR count). The van der Waals surface area contributed by atoms with E-state index in [0.29, 0.717) is 12.5 Å². The fraction of sp³-hybridized carbons (Fsp3) is 0.688. The Labute approximate surface area is 140 Å². The lowest BCUT2D eigenvalue weighted by Crippen LogP contribution is -2.37. The van der Waals surface area contributed by atoms with Gasteiger partial charge in [-0.15, -0.1) is 12.4 Å². The molecule has 1 fully saturated rings. The Morgan fingerprint density at radius 2 is 2.27 bits per heavy atom. The standard InChI is InChI=1S/C16H28N4O.ClH/c1-19(8-9-21-2)16-6-5-15(11-18-16)13-20-7-3-4-14(10-17)12-20;/h5-6,11,14H,3-4,7-10,12-13,17H2,1-2H3;1H. The van der Waals surface area contributed by atoms with Gasteiger partial charge in [-0.25, -0.2) is 4.98 Å². The minimum Gasteiger partial charge on any atom is -0.383 e. The van der Waals surface area contributed by atoms with Crippen LogP contribution in [-0.2, 0) is 11.3 Å². The van der Waals surface area contributed by atoms with E-state index >= 15 is 0 Å². The maximum absolute atomic E-state index is 5.80. The monoisotopic (exact) mass is 328 g/mol. The summed E-state index contributed by atoms with van der Waals surface area (Å²) in [6.45, 7) is 5.64. The lowest BCUT2D eigenvalue weighted by atomic mass is 9.98. The number of likely N-dealkylation sites (N-methyl/N-ethyl adjacent to an activating group) is 1. The Kier molecular flexibility index (Phi) is 8.71. The highest BCUT2D eigenvalue weighted by Gasteiger charge is 2.18. The number of ether oxygens (including phenoxy) is 1. The molecule has 2 heterocycles. The van der Waals surface area contributed by atoms with Crippen LogP contribution in [0.4, 0.5) is 5.82 Å². The van der Waals surface area contributed by atoms with Crippen molar-refractivity contribution >= 4 is 18.2 Å². The van der Waals surface area contributed by atoms with Gasteiger partial charge in [0.1, 0.15) is 5.82 Å². The van der Waals surface area contributed by atoms with E-state index in [1.165, 1.54) is 24.9 Å². The summed E-state index contributed by atoms with van der Waals surface area (Å²) >= 11 is 0. The van der Waals surface area contributed by atoms with Crippen molar-refractivity contribution in [1.29, 1.82) is 0 Å². The average molecular weight is 329 g/mol. The second kappa shape index (κ2) is 10.0. The molecule has 2 N–H and O–H groups in total. The first kappa shape index (κ1) is 19.2. The molecule has 0 amide bonds. The Morgan fingerprint density at radius 1 is 1.45 bits per heavy atom. The molecule has 5 nitrogen and oxygen atoms in total. The molecule has 0 aromatic carbocycles. The lowest BCUT2D eigenvalue weighted by molar-refractivity contribution is 0.171. The molecule has 1 saturated heterocycles. The quantitative estimate of drug-likeness (QED) is 0.826. The fourth-order valence-corrected chi connectivity index (χ4v) is 2.82. The first-order chi connectivity index (χ1) is 10.2. The number of halogens is 1. The van der Waals surface area contributed by atoms with Gasteiger partial charge in [0.15, 0.2) is 0 Å². The van der Waals surface area contributed by atoms with Gasteiger partial charge in [-0.2, -0.15) is 0 Å². The summed E-state index contributed by atoms with van der Waals surface area (Å²) in [5.41, 5.74) is 7.07. The van der Waals surface area contributed by atoms with Crippen molar-refractivity contribution < 1.29 is 4.74 Å². The maximum Gasteiger partial charge on any atom is 0.128 e. The smallest absolute Gasteiger partial charge is 0.128 e. The molecule has 22 heavy (non-hydrogen) atoms. The van der Waals surface area contributed by atoms with E-state index in [9.17, 15) is 0 Å². The summed E-state index contributed by atoms with van der Waals surface area (Å²) < 4.78 is 5.09. The van der Waals surface area contributed by atoms with Gasteiger partial charge >= 0.3 is 0 Å². The van der Waals surface area contributed by atoms with Crippen LogP contribution in [0.3, 0.4) is 0 Å². The van der Waals surface area contributed by atoms with Crippen molar-refractivity contribution in [3.05, 3.63) is 23.9 Å². The van der Waals surface area contributed by atoms with Crippen LogP contribution in [0, 0.1) is 5.92 Å². The first-order valence-electron chi connectivity index (χ1n) is 7.80. The SMILES string of the molecule is COCCN(C)c1ccc(CN2CCCC(CN)C2)cn1.Cl. The molecule has 6 heteroatoms. The Hall–Kier alpha value is -0.880. The molecule has 0 bridgehead atoms.